The molecular weight excluding hydrogens is 366 g/mol. The molecule has 6 heteroatoms. The molecule has 5 rings (SSSR count). The molecule has 3 aromatic heterocycles. The first-order chi connectivity index (χ1) is 13.7. The molecule has 28 heavy (non-hydrogen) atoms. The molecule has 0 radical (unpaired) electrons. The SMILES string of the molecule is Cc1nc(N2CCC(Cc3cnn(C)c3)C2)c2c(-c3ccccc3)csc2n1. The minimum absolute atomic E-state index is 0.633. The van der Waals surface area contributed by atoms with Crippen molar-refractivity contribution in [3.8, 4) is 11.1 Å². The molecule has 4 aromatic rings. The van der Waals surface area contributed by atoms with E-state index in [1.54, 1.807) is 11.3 Å². The average molecular weight is 390 g/mol. The third kappa shape index (κ3) is 3.18. The molecule has 0 saturated carbocycles. The van der Waals surface area contributed by atoms with Crippen LogP contribution in [-0.4, -0.2) is 32.8 Å². The topological polar surface area (TPSA) is 46.8 Å². The Balaban J connectivity index is 1.49. The lowest BCUT2D eigenvalue weighted by atomic mass is 10.0. The summed E-state index contributed by atoms with van der Waals surface area (Å²) in [7, 11) is 1.98. The van der Waals surface area contributed by atoms with Gasteiger partial charge in [-0.3, -0.25) is 4.68 Å². The zero-order chi connectivity index (χ0) is 19.1. The number of fused-ring (bicyclic) bond motifs is 1. The Morgan fingerprint density at radius 2 is 2.04 bits per heavy atom. The molecule has 0 aliphatic carbocycles. The fourth-order valence-corrected chi connectivity index (χ4v) is 5.18. The summed E-state index contributed by atoms with van der Waals surface area (Å²) >= 11 is 1.71. The van der Waals surface area contributed by atoms with Gasteiger partial charge in [0.2, 0.25) is 0 Å². The van der Waals surface area contributed by atoms with Crippen LogP contribution in [0.1, 0.15) is 17.8 Å². The molecule has 1 aliphatic heterocycles. The van der Waals surface area contributed by atoms with Crippen molar-refractivity contribution < 1.29 is 0 Å². The molecule has 0 spiro atoms. The van der Waals surface area contributed by atoms with E-state index in [2.05, 4.69) is 51.9 Å². The number of thiophene rings is 1. The lowest BCUT2D eigenvalue weighted by Crippen LogP contribution is -2.22. The molecule has 4 heterocycles. The lowest BCUT2D eigenvalue weighted by molar-refractivity contribution is 0.586. The summed E-state index contributed by atoms with van der Waals surface area (Å²) in [5.74, 6) is 2.57. The number of hydrogen-bond acceptors (Lipinski definition) is 5. The largest absolute Gasteiger partial charge is 0.356 e. The van der Waals surface area contributed by atoms with Gasteiger partial charge in [0, 0.05) is 37.3 Å². The minimum atomic E-state index is 0.633. The summed E-state index contributed by atoms with van der Waals surface area (Å²) in [6, 6.07) is 10.6. The zero-order valence-corrected chi connectivity index (χ0v) is 17.0. The van der Waals surface area contributed by atoms with E-state index in [1.165, 1.54) is 28.5 Å². The van der Waals surface area contributed by atoms with Gasteiger partial charge in [-0.25, -0.2) is 9.97 Å². The molecule has 1 atom stereocenters. The second-order valence-corrected chi connectivity index (χ2v) is 8.48. The highest BCUT2D eigenvalue weighted by Gasteiger charge is 2.27. The van der Waals surface area contributed by atoms with Crippen LogP contribution in [0.4, 0.5) is 5.82 Å². The Kier molecular flexibility index (Phi) is 4.36. The third-order valence-electron chi connectivity index (χ3n) is 5.48. The summed E-state index contributed by atoms with van der Waals surface area (Å²) < 4.78 is 1.89. The summed E-state index contributed by atoms with van der Waals surface area (Å²) in [4.78, 5) is 13.1. The molecule has 1 unspecified atom stereocenters. The van der Waals surface area contributed by atoms with E-state index in [0.29, 0.717) is 5.92 Å². The molecule has 1 fully saturated rings. The normalized spacial score (nSPS) is 16.9. The van der Waals surface area contributed by atoms with Crippen molar-refractivity contribution in [3.63, 3.8) is 0 Å². The number of benzene rings is 1. The quantitative estimate of drug-likeness (QED) is 0.517. The molecule has 0 N–H and O–H groups in total. The van der Waals surface area contributed by atoms with Crippen molar-refractivity contribution >= 4 is 27.4 Å². The maximum Gasteiger partial charge on any atom is 0.141 e. The van der Waals surface area contributed by atoms with Gasteiger partial charge >= 0.3 is 0 Å². The molecule has 0 bridgehead atoms. The van der Waals surface area contributed by atoms with Crippen LogP contribution >= 0.6 is 11.3 Å². The van der Waals surface area contributed by atoms with E-state index in [4.69, 9.17) is 9.97 Å². The van der Waals surface area contributed by atoms with Gasteiger partial charge < -0.3 is 4.90 Å². The van der Waals surface area contributed by atoms with Gasteiger partial charge in [-0.2, -0.15) is 5.10 Å². The molecule has 1 saturated heterocycles. The van der Waals surface area contributed by atoms with Crippen molar-refractivity contribution in [1.29, 1.82) is 0 Å². The summed E-state index contributed by atoms with van der Waals surface area (Å²) in [6.07, 6.45) is 6.38. The second kappa shape index (κ2) is 7.02. The van der Waals surface area contributed by atoms with Crippen molar-refractivity contribution in [1.82, 2.24) is 19.7 Å². The van der Waals surface area contributed by atoms with Gasteiger partial charge in [-0.15, -0.1) is 11.3 Å². The van der Waals surface area contributed by atoms with Gasteiger partial charge in [-0.1, -0.05) is 30.3 Å². The average Bonchev–Trinajstić information content (AvgIpc) is 3.42. The standard InChI is InChI=1S/C22H23N5S/c1-15-24-21(27-9-8-16(13-27)10-17-11-23-26(2)12-17)20-19(14-28-22(20)25-15)18-6-4-3-5-7-18/h3-7,11-12,14,16H,8-10,13H2,1-2H3. The molecule has 1 aliphatic rings. The van der Waals surface area contributed by atoms with Gasteiger partial charge in [0.25, 0.3) is 0 Å². The number of hydrogen-bond donors (Lipinski definition) is 0. The first-order valence-electron chi connectivity index (χ1n) is 9.71. The number of rotatable bonds is 4. The van der Waals surface area contributed by atoms with Crippen LogP contribution in [0.15, 0.2) is 48.1 Å². The Hall–Kier alpha value is -2.73. The smallest absolute Gasteiger partial charge is 0.141 e. The summed E-state index contributed by atoms with van der Waals surface area (Å²) in [5.41, 5.74) is 3.79. The van der Waals surface area contributed by atoms with Crippen molar-refractivity contribution in [3.05, 3.63) is 59.5 Å². The Bertz CT molecular complexity index is 1110. The number of nitrogens with zero attached hydrogens (tertiary/aromatic N) is 5. The highest BCUT2D eigenvalue weighted by atomic mass is 32.1. The predicted octanol–water partition coefficient (Wildman–Crippen LogP) is 4.47. The Morgan fingerprint density at radius 3 is 2.82 bits per heavy atom. The van der Waals surface area contributed by atoms with Crippen molar-refractivity contribution in [2.75, 3.05) is 18.0 Å². The third-order valence-corrected chi connectivity index (χ3v) is 6.35. The van der Waals surface area contributed by atoms with E-state index in [1.807, 2.05) is 24.9 Å². The maximum atomic E-state index is 4.89. The van der Waals surface area contributed by atoms with Crippen LogP contribution in [0.3, 0.4) is 0 Å². The van der Waals surface area contributed by atoms with E-state index in [0.717, 1.165) is 36.0 Å². The molecule has 142 valence electrons. The molecular formula is C22H23N5S. The van der Waals surface area contributed by atoms with Crippen LogP contribution in [0.25, 0.3) is 21.3 Å². The second-order valence-electron chi connectivity index (χ2n) is 7.62. The highest BCUT2D eigenvalue weighted by Crippen LogP contribution is 2.39. The maximum absolute atomic E-state index is 4.89. The van der Waals surface area contributed by atoms with E-state index in [9.17, 15) is 0 Å². The number of aromatic nitrogens is 4. The summed E-state index contributed by atoms with van der Waals surface area (Å²) in [5, 5.41) is 7.73. The fourth-order valence-electron chi connectivity index (χ4n) is 4.19. The molecule has 0 amide bonds. The van der Waals surface area contributed by atoms with Gasteiger partial charge in [0.1, 0.15) is 16.5 Å². The van der Waals surface area contributed by atoms with E-state index in [-0.39, 0.29) is 0 Å². The first kappa shape index (κ1) is 17.4. The molecule has 5 nitrogen and oxygen atoms in total. The number of aryl methyl sites for hydroxylation is 2. The molecule has 1 aromatic carbocycles. The van der Waals surface area contributed by atoms with Crippen LogP contribution in [-0.2, 0) is 13.5 Å². The Morgan fingerprint density at radius 1 is 1.18 bits per heavy atom. The lowest BCUT2D eigenvalue weighted by Gasteiger charge is -2.19. The van der Waals surface area contributed by atoms with Crippen LogP contribution in [0.5, 0.6) is 0 Å². The predicted molar refractivity (Wildman–Crippen MR) is 115 cm³/mol. The summed E-state index contributed by atoms with van der Waals surface area (Å²) in [6.45, 7) is 4.07. The monoisotopic (exact) mass is 389 g/mol. The van der Waals surface area contributed by atoms with Crippen LogP contribution < -0.4 is 4.90 Å². The zero-order valence-electron chi connectivity index (χ0n) is 16.2. The van der Waals surface area contributed by atoms with Crippen LogP contribution in [0, 0.1) is 12.8 Å². The number of anilines is 1. The van der Waals surface area contributed by atoms with Crippen molar-refractivity contribution in [2.45, 2.75) is 19.8 Å². The van der Waals surface area contributed by atoms with Gasteiger partial charge in [0.15, 0.2) is 0 Å². The van der Waals surface area contributed by atoms with E-state index < -0.39 is 0 Å². The highest BCUT2D eigenvalue weighted by molar-refractivity contribution is 7.17. The van der Waals surface area contributed by atoms with Crippen LogP contribution in [0.2, 0.25) is 0 Å². The van der Waals surface area contributed by atoms with E-state index >= 15 is 0 Å². The van der Waals surface area contributed by atoms with Gasteiger partial charge in [0.05, 0.1) is 11.6 Å². The fraction of sp³-hybridized carbons (Fsp3) is 0.318. The minimum Gasteiger partial charge on any atom is -0.356 e. The Labute approximate surface area is 168 Å². The first-order valence-corrected chi connectivity index (χ1v) is 10.6. The van der Waals surface area contributed by atoms with Gasteiger partial charge in [-0.05, 0) is 36.8 Å². The van der Waals surface area contributed by atoms with Crippen molar-refractivity contribution in [2.24, 2.45) is 13.0 Å².